The third-order valence-electron chi connectivity index (χ3n) is 3.06. The quantitative estimate of drug-likeness (QED) is 0.855. The van der Waals surface area contributed by atoms with Gasteiger partial charge in [-0.1, -0.05) is 13.0 Å². The second kappa shape index (κ2) is 6.56. The van der Waals surface area contributed by atoms with Crippen molar-refractivity contribution >= 4 is 23.5 Å². The molecule has 1 atom stereocenters. The summed E-state index contributed by atoms with van der Waals surface area (Å²) in [5.41, 5.74) is -3.77. The smallest absolute Gasteiger partial charge is 0.326 e. The number of rotatable bonds is 3. The summed E-state index contributed by atoms with van der Waals surface area (Å²) in [5.74, 6) is -0.437. The van der Waals surface area contributed by atoms with E-state index in [-0.39, 0.29) is 33.9 Å². The normalized spacial score (nSPS) is 18.8. The molecule has 0 spiro atoms. The fourth-order valence-electron chi connectivity index (χ4n) is 2.24. The Morgan fingerprint density at radius 3 is 2.68 bits per heavy atom. The van der Waals surface area contributed by atoms with Crippen molar-refractivity contribution in [1.29, 1.82) is 0 Å². The number of hydrogen-bond donors (Lipinski definition) is 1. The number of amides is 1. The minimum Gasteiger partial charge on any atom is -0.326 e. The first kappa shape index (κ1) is 16.6. The first-order valence-electron chi connectivity index (χ1n) is 6.63. The lowest BCUT2D eigenvalue weighted by Gasteiger charge is -2.19. The molecule has 1 aromatic carbocycles. The second-order valence-electron chi connectivity index (χ2n) is 5.18. The van der Waals surface area contributed by atoms with E-state index in [2.05, 4.69) is 5.32 Å². The number of carbonyl (C=O) groups excluding carboxylic acids is 2. The zero-order valence-corrected chi connectivity index (χ0v) is 12.6. The third-order valence-corrected chi connectivity index (χ3v) is 3.78. The van der Waals surface area contributed by atoms with Gasteiger partial charge in [0.25, 0.3) is 5.91 Å². The highest BCUT2D eigenvalue weighted by atomic mass is 32.2. The molecule has 1 unspecified atom stereocenters. The number of alkyl halides is 3. The molecule has 1 aliphatic rings. The van der Waals surface area contributed by atoms with E-state index < -0.39 is 11.4 Å². The number of benzene rings is 1. The van der Waals surface area contributed by atoms with Gasteiger partial charge in [-0.15, -0.1) is 0 Å². The third kappa shape index (κ3) is 4.91. The van der Waals surface area contributed by atoms with Gasteiger partial charge in [-0.05, 0) is 42.3 Å². The standard InChI is InChI=1S/C15H14F3NO2S/c1-9-5-11(8-12(20)6-9)19-14(21)10-3-2-4-13(7-10)22-15(16,17)18/h2-4,7-9H,5-6H2,1H3,(H,19,21). The van der Waals surface area contributed by atoms with Gasteiger partial charge in [0.15, 0.2) is 5.78 Å². The number of thioether (sulfide) groups is 1. The monoisotopic (exact) mass is 329 g/mol. The number of nitrogens with one attached hydrogen (secondary N) is 1. The van der Waals surface area contributed by atoms with Crippen LogP contribution in [0, 0.1) is 5.92 Å². The maximum atomic E-state index is 12.3. The molecule has 1 amide bonds. The minimum atomic E-state index is -4.40. The molecule has 0 fully saturated rings. The van der Waals surface area contributed by atoms with Crippen LogP contribution in [0.2, 0.25) is 0 Å². The van der Waals surface area contributed by atoms with Crippen LogP contribution in [0.4, 0.5) is 13.2 Å². The Hall–Kier alpha value is -1.76. The molecule has 7 heteroatoms. The molecule has 1 aromatic rings. The Morgan fingerprint density at radius 2 is 2.05 bits per heavy atom. The van der Waals surface area contributed by atoms with Gasteiger partial charge >= 0.3 is 5.51 Å². The number of allylic oxidation sites excluding steroid dienone is 2. The van der Waals surface area contributed by atoms with E-state index in [4.69, 9.17) is 0 Å². The van der Waals surface area contributed by atoms with Gasteiger partial charge in [0.2, 0.25) is 0 Å². The van der Waals surface area contributed by atoms with Crippen LogP contribution in [0.5, 0.6) is 0 Å². The first-order valence-corrected chi connectivity index (χ1v) is 7.45. The Balaban J connectivity index is 2.10. The molecule has 0 radical (unpaired) electrons. The maximum absolute atomic E-state index is 12.3. The van der Waals surface area contributed by atoms with E-state index in [0.29, 0.717) is 18.5 Å². The van der Waals surface area contributed by atoms with Crippen molar-refractivity contribution in [1.82, 2.24) is 5.32 Å². The zero-order chi connectivity index (χ0) is 16.3. The van der Waals surface area contributed by atoms with Crippen LogP contribution in [0.25, 0.3) is 0 Å². The summed E-state index contributed by atoms with van der Waals surface area (Å²) >= 11 is -0.270. The maximum Gasteiger partial charge on any atom is 0.446 e. The number of carbonyl (C=O) groups is 2. The lowest BCUT2D eigenvalue weighted by molar-refractivity contribution is -0.115. The van der Waals surface area contributed by atoms with E-state index in [9.17, 15) is 22.8 Å². The van der Waals surface area contributed by atoms with Crippen molar-refractivity contribution in [2.24, 2.45) is 5.92 Å². The minimum absolute atomic E-state index is 0.0535. The molecule has 1 aliphatic carbocycles. The largest absolute Gasteiger partial charge is 0.446 e. The Morgan fingerprint density at radius 1 is 1.32 bits per heavy atom. The molecule has 0 bridgehead atoms. The molecule has 1 N–H and O–H groups in total. The van der Waals surface area contributed by atoms with Crippen molar-refractivity contribution in [3.63, 3.8) is 0 Å². The van der Waals surface area contributed by atoms with Gasteiger partial charge in [0.05, 0.1) is 0 Å². The first-order chi connectivity index (χ1) is 10.2. The molecular formula is C15H14F3NO2S. The highest BCUT2D eigenvalue weighted by Gasteiger charge is 2.29. The fourth-order valence-corrected chi connectivity index (χ4v) is 2.84. The summed E-state index contributed by atoms with van der Waals surface area (Å²) in [7, 11) is 0. The predicted octanol–water partition coefficient (Wildman–Crippen LogP) is 3.91. The van der Waals surface area contributed by atoms with Gasteiger partial charge in [-0.2, -0.15) is 13.2 Å². The Labute approximate surface area is 130 Å². The summed E-state index contributed by atoms with van der Waals surface area (Å²) in [6.07, 6.45) is 2.39. The average Bonchev–Trinajstić information content (AvgIpc) is 2.35. The molecule has 0 heterocycles. The van der Waals surface area contributed by atoms with Crippen LogP contribution in [-0.4, -0.2) is 17.2 Å². The highest BCUT2D eigenvalue weighted by molar-refractivity contribution is 8.00. The zero-order valence-electron chi connectivity index (χ0n) is 11.7. The average molecular weight is 329 g/mol. The molecule has 0 aromatic heterocycles. The van der Waals surface area contributed by atoms with Crippen molar-refractivity contribution in [3.8, 4) is 0 Å². The summed E-state index contributed by atoms with van der Waals surface area (Å²) in [4.78, 5) is 23.5. The van der Waals surface area contributed by atoms with Crippen LogP contribution in [-0.2, 0) is 4.79 Å². The van der Waals surface area contributed by atoms with Crippen LogP contribution in [0.15, 0.2) is 40.9 Å². The molecule has 118 valence electrons. The topological polar surface area (TPSA) is 46.2 Å². The Bertz CT molecular complexity index is 625. The fraction of sp³-hybridized carbons (Fsp3) is 0.333. The molecule has 0 saturated heterocycles. The second-order valence-corrected chi connectivity index (χ2v) is 6.32. The van der Waals surface area contributed by atoms with Crippen LogP contribution in [0.1, 0.15) is 30.1 Å². The van der Waals surface area contributed by atoms with Crippen LogP contribution in [0.3, 0.4) is 0 Å². The van der Waals surface area contributed by atoms with E-state index in [1.165, 1.54) is 30.3 Å². The van der Waals surface area contributed by atoms with Crippen LogP contribution >= 0.6 is 11.8 Å². The van der Waals surface area contributed by atoms with Gasteiger partial charge < -0.3 is 5.32 Å². The lowest BCUT2D eigenvalue weighted by Crippen LogP contribution is -2.27. The molecule has 0 aliphatic heterocycles. The van der Waals surface area contributed by atoms with Gasteiger partial charge in [-0.3, -0.25) is 9.59 Å². The van der Waals surface area contributed by atoms with Crippen molar-refractivity contribution < 1.29 is 22.8 Å². The predicted molar refractivity (Wildman–Crippen MR) is 77.3 cm³/mol. The number of hydrogen-bond acceptors (Lipinski definition) is 3. The molecular weight excluding hydrogens is 315 g/mol. The lowest BCUT2D eigenvalue weighted by atomic mass is 9.93. The number of ketones is 1. The molecule has 3 nitrogen and oxygen atoms in total. The van der Waals surface area contributed by atoms with Gasteiger partial charge in [-0.25, -0.2) is 0 Å². The summed E-state index contributed by atoms with van der Waals surface area (Å²) in [5, 5.41) is 2.60. The van der Waals surface area contributed by atoms with Crippen LogP contribution < -0.4 is 5.32 Å². The van der Waals surface area contributed by atoms with E-state index in [0.717, 1.165) is 0 Å². The molecule has 2 rings (SSSR count). The molecule has 22 heavy (non-hydrogen) atoms. The Kier molecular flexibility index (Phi) is 4.95. The summed E-state index contributed by atoms with van der Waals surface area (Å²) in [6, 6.07) is 5.30. The van der Waals surface area contributed by atoms with E-state index >= 15 is 0 Å². The molecule has 0 saturated carbocycles. The van der Waals surface area contributed by atoms with Crippen molar-refractivity contribution in [3.05, 3.63) is 41.6 Å². The van der Waals surface area contributed by atoms with E-state index in [1.54, 1.807) is 0 Å². The van der Waals surface area contributed by atoms with Gasteiger partial charge in [0.1, 0.15) is 0 Å². The van der Waals surface area contributed by atoms with Crippen molar-refractivity contribution in [2.45, 2.75) is 30.2 Å². The summed E-state index contributed by atoms with van der Waals surface area (Å²) in [6.45, 7) is 1.90. The number of halogens is 3. The summed E-state index contributed by atoms with van der Waals surface area (Å²) < 4.78 is 37.0. The SMILES string of the molecule is CC1CC(=O)C=C(NC(=O)c2cccc(SC(F)(F)F)c2)C1. The van der Waals surface area contributed by atoms with Crippen molar-refractivity contribution in [2.75, 3.05) is 0 Å². The van der Waals surface area contributed by atoms with E-state index in [1.807, 2.05) is 6.92 Å². The highest BCUT2D eigenvalue weighted by Crippen LogP contribution is 2.36. The van der Waals surface area contributed by atoms with Gasteiger partial charge in [0, 0.05) is 28.7 Å².